The minimum absolute atomic E-state index is 0.0269. The van der Waals surface area contributed by atoms with Crippen LogP contribution < -0.4 is 16.2 Å². The van der Waals surface area contributed by atoms with Gasteiger partial charge in [-0.05, 0) is 47.7 Å². The number of hydrogen-bond acceptors (Lipinski definition) is 6. The first-order valence-corrected chi connectivity index (χ1v) is 12.0. The maximum atomic E-state index is 13.1. The fraction of sp³-hybridized carbons (Fsp3) is 0.320. The Morgan fingerprint density at radius 3 is 2.88 bits per heavy atom. The van der Waals surface area contributed by atoms with E-state index in [4.69, 9.17) is 4.98 Å². The summed E-state index contributed by atoms with van der Waals surface area (Å²) in [5.74, 6) is 0.465. The maximum absolute atomic E-state index is 13.1. The molecule has 1 aliphatic heterocycles. The van der Waals surface area contributed by atoms with E-state index >= 15 is 0 Å². The van der Waals surface area contributed by atoms with Crippen LogP contribution in [-0.4, -0.2) is 25.9 Å². The van der Waals surface area contributed by atoms with Gasteiger partial charge in [0.15, 0.2) is 5.65 Å². The van der Waals surface area contributed by atoms with Gasteiger partial charge in [-0.15, -0.1) is 17.9 Å². The van der Waals surface area contributed by atoms with Crippen LogP contribution in [-0.2, 0) is 24.9 Å². The molecular formula is C25H28N6OS. The second-order valence-electron chi connectivity index (χ2n) is 9.37. The van der Waals surface area contributed by atoms with Crippen molar-refractivity contribution >= 4 is 34.0 Å². The normalized spacial score (nSPS) is 13.8. The molecule has 7 nitrogen and oxygen atoms in total. The number of anilines is 2. The van der Waals surface area contributed by atoms with Crippen molar-refractivity contribution in [2.24, 2.45) is 0 Å². The molecule has 1 aliphatic rings. The van der Waals surface area contributed by atoms with Gasteiger partial charge in [-0.1, -0.05) is 32.9 Å². The molecule has 1 aromatic carbocycles. The van der Waals surface area contributed by atoms with E-state index in [2.05, 4.69) is 66.5 Å². The van der Waals surface area contributed by atoms with Crippen LogP contribution in [0.5, 0.6) is 0 Å². The van der Waals surface area contributed by atoms with Crippen molar-refractivity contribution in [3.63, 3.8) is 0 Å². The molecule has 0 saturated carbocycles. The van der Waals surface area contributed by atoms with Crippen molar-refractivity contribution in [2.45, 2.75) is 45.7 Å². The maximum Gasteiger partial charge on any atom is 0.278 e. The molecule has 0 unspecified atom stereocenters. The zero-order chi connectivity index (χ0) is 23.2. The van der Waals surface area contributed by atoms with Crippen LogP contribution in [0.3, 0.4) is 0 Å². The zero-order valence-corrected chi connectivity index (χ0v) is 20.0. The Morgan fingerprint density at radius 2 is 2.12 bits per heavy atom. The average Bonchev–Trinajstić information content (AvgIpc) is 3.38. The third-order valence-corrected chi connectivity index (χ3v) is 7.24. The number of fused-ring (bicyclic) bond motifs is 2. The highest BCUT2D eigenvalue weighted by molar-refractivity contribution is 7.10. The third-order valence-electron chi connectivity index (χ3n) is 5.90. The summed E-state index contributed by atoms with van der Waals surface area (Å²) >= 11 is 1.69. The first-order chi connectivity index (χ1) is 15.8. The van der Waals surface area contributed by atoms with Gasteiger partial charge >= 0.3 is 0 Å². The van der Waals surface area contributed by atoms with E-state index < -0.39 is 0 Å². The molecule has 4 aromatic rings. The van der Waals surface area contributed by atoms with Crippen LogP contribution in [0.15, 0.2) is 53.3 Å². The van der Waals surface area contributed by atoms with E-state index in [0.29, 0.717) is 23.5 Å². The summed E-state index contributed by atoms with van der Waals surface area (Å²) in [6, 6.07) is 8.48. The third kappa shape index (κ3) is 4.00. The van der Waals surface area contributed by atoms with Crippen LogP contribution in [0.4, 0.5) is 11.6 Å². The number of thiophene rings is 1. The summed E-state index contributed by atoms with van der Waals surface area (Å²) in [7, 11) is 0. The molecule has 170 valence electrons. The van der Waals surface area contributed by atoms with E-state index in [9.17, 15) is 4.79 Å². The standard InChI is InChI=1S/C25H28N6OS/c1-5-10-30-23(32)20-14-27-24(28-18-7-6-17-13-26-9-8-16(17)11-18)29-22(20)31(30)19-12-21(33-15-19)25(2,3)4/h5-7,11-12,14-15,26H,1,8-10,13H2,2-4H3,(H,27,28,29). The molecule has 4 heterocycles. The minimum Gasteiger partial charge on any atom is -0.324 e. The largest absolute Gasteiger partial charge is 0.324 e. The number of nitrogens with zero attached hydrogens (tertiary/aromatic N) is 4. The SMILES string of the molecule is C=CCn1c(=O)c2cnc(Nc3ccc4c(c3)CCNC4)nc2n1-c1csc(C(C)(C)C)c1. The molecule has 0 aliphatic carbocycles. The Bertz CT molecular complexity index is 1400. The molecular weight excluding hydrogens is 432 g/mol. The van der Waals surface area contributed by atoms with Gasteiger partial charge in [0.25, 0.3) is 5.56 Å². The van der Waals surface area contributed by atoms with Crippen molar-refractivity contribution in [2.75, 3.05) is 11.9 Å². The number of rotatable bonds is 5. The number of aromatic nitrogens is 4. The Balaban J connectivity index is 1.59. The van der Waals surface area contributed by atoms with Gasteiger partial charge in [0.1, 0.15) is 5.39 Å². The highest BCUT2D eigenvalue weighted by Gasteiger charge is 2.21. The zero-order valence-electron chi connectivity index (χ0n) is 19.2. The summed E-state index contributed by atoms with van der Waals surface area (Å²) in [5, 5.41) is 9.29. The fourth-order valence-corrected chi connectivity index (χ4v) is 5.11. The number of hydrogen-bond donors (Lipinski definition) is 2. The van der Waals surface area contributed by atoms with Crippen LogP contribution in [0, 0.1) is 0 Å². The van der Waals surface area contributed by atoms with Crippen LogP contribution >= 0.6 is 11.3 Å². The van der Waals surface area contributed by atoms with Crippen LogP contribution in [0.25, 0.3) is 16.7 Å². The molecule has 0 fully saturated rings. The molecule has 0 amide bonds. The first kappa shape index (κ1) is 21.6. The summed E-state index contributed by atoms with van der Waals surface area (Å²) in [4.78, 5) is 23.6. The van der Waals surface area contributed by atoms with Gasteiger partial charge < -0.3 is 10.6 Å². The van der Waals surface area contributed by atoms with E-state index in [-0.39, 0.29) is 11.0 Å². The van der Waals surface area contributed by atoms with Crippen LogP contribution in [0.2, 0.25) is 0 Å². The second-order valence-corrected chi connectivity index (χ2v) is 10.3. The molecule has 8 heteroatoms. The summed E-state index contributed by atoms with van der Waals surface area (Å²) < 4.78 is 3.55. The summed E-state index contributed by atoms with van der Waals surface area (Å²) in [5.41, 5.74) is 5.01. The molecule has 0 saturated heterocycles. The molecule has 2 N–H and O–H groups in total. The van der Waals surface area contributed by atoms with Gasteiger partial charge in [0.05, 0.1) is 12.2 Å². The van der Waals surface area contributed by atoms with Gasteiger partial charge in [-0.3, -0.25) is 4.79 Å². The predicted octanol–water partition coefficient (Wildman–Crippen LogP) is 4.52. The van der Waals surface area contributed by atoms with Crippen LogP contribution in [0.1, 0.15) is 36.8 Å². The molecule has 3 aromatic heterocycles. The monoisotopic (exact) mass is 460 g/mol. The molecule has 0 bridgehead atoms. The number of allylic oxidation sites excluding steroid dienone is 1. The second kappa shape index (κ2) is 8.28. The van der Waals surface area contributed by atoms with Crippen molar-refractivity contribution in [3.8, 4) is 5.69 Å². The Labute approximate surface area is 196 Å². The quantitative estimate of drug-likeness (QED) is 0.429. The van der Waals surface area contributed by atoms with Crippen molar-refractivity contribution < 1.29 is 0 Å². The van der Waals surface area contributed by atoms with E-state index in [1.807, 2.05) is 10.7 Å². The molecule has 0 radical (unpaired) electrons. The van der Waals surface area contributed by atoms with Gasteiger partial charge in [-0.25, -0.2) is 14.3 Å². The van der Waals surface area contributed by atoms with E-state index in [1.165, 1.54) is 16.0 Å². The lowest BCUT2D eigenvalue weighted by molar-refractivity contribution is 0.595. The van der Waals surface area contributed by atoms with Crippen molar-refractivity contribution in [3.05, 3.63) is 74.9 Å². The Kier molecular flexibility index (Phi) is 5.42. The molecule has 0 atom stereocenters. The average molecular weight is 461 g/mol. The molecule has 33 heavy (non-hydrogen) atoms. The number of nitrogens with one attached hydrogen (secondary N) is 2. The minimum atomic E-state index is -0.124. The van der Waals surface area contributed by atoms with Gasteiger partial charge in [-0.2, -0.15) is 4.98 Å². The topological polar surface area (TPSA) is 76.8 Å². The van der Waals surface area contributed by atoms with Gasteiger partial charge in [0, 0.05) is 28.7 Å². The lowest BCUT2D eigenvalue weighted by atomic mass is 9.95. The molecule has 5 rings (SSSR count). The highest BCUT2D eigenvalue weighted by Crippen LogP contribution is 2.31. The predicted molar refractivity (Wildman–Crippen MR) is 135 cm³/mol. The highest BCUT2D eigenvalue weighted by atomic mass is 32.1. The van der Waals surface area contributed by atoms with E-state index in [0.717, 1.165) is 30.9 Å². The van der Waals surface area contributed by atoms with Crippen molar-refractivity contribution in [1.29, 1.82) is 0 Å². The van der Waals surface area contributed by atoms with Crippen molar-refractivity contribution in [1.82, 2.24) is 24.6 Å². The first-order valence-electron chi connectivity index (χ1n) is 11.1. The Hall–Kier alpha value is -3.23. The lowest BCUT2D eigenvalue weighted by Crippen LogP contribution is -2.23. The smallest absolute Gasteiger partial charge is 0.278 e. The summed E-state index contributed by atoms with van der Waals surface area (Å²) in [6.07, 6.45) is 4.34. The lowest BCUT2D eigenvalue weighted by Gasteiger charge is -2.18. The van der Waals surface area contributed by atoms with E-state index in [1.54, 1.807) is 28.3 Å². The number of benzene rings is 1. The van der Waals surface area contributed by atoms with Gasteiger partial charge in [0.2, 0.25) is 5.95 Å². The Morgan fingerprint density at radius 1 is 1.27 bits per heavy atom. The molecule has 0 spiro atoms. The fourth-order valence-electron chi connectivity index (χ4n) is 4.15. The summed E-state index contributed by atoms with van der Waals surface area (Å²) in [6.45, 7) is 12.7.